The molecule has 1 atom stereocenters. The number of amides is 2. The Bertz CT molecular complexity index is 971. The lowest BCUT2D eigenvalue weighted by Crippen LogP contribution is -2.49. The maximum atomic E-state index is 13.0. The van der Waals surface area contributed by atoms with Crippen LogP contribution in [0.15, 0.2) is 48.5 Å². The molecule has 168 valence electrons. The van der Waals surface area contributed by atoms with E-state index in [2.05, 4.69) is 29.6 Å². The van der Waals surface area contributed by atoms with Gasteiger partial charge in [-0.2, -0.15) is 0 Å². The number of alkyl carbamates (subject to hydrolysis) is 1. The predicted octanol–water partition coefficient (Wildman–Crippen LogP) is 3.77. The zero-order valence-electron chi connectivity index (χ0n) is 18.1. The molecule has 7 heteroatoms. The molecule has 0 bridgehead atoms. The molecule has 0 unspecified atom stereocenters. The summed E-state index contributed by atoms with van der Waals surface area (Å²) >= 11 is 0. The van der Waals surface area contributed by atoms with Crippen molar-refractivity contribution in [3.8, 4) is 11.1 Å². The fourth-order valence-corrected chi connectivity index (χ4v) is 4.40. The van der Waals surface area contributed by atoms with E-state index in [1.54, 1.807) is 4.90 Å². The topological polar surface area (TPSA) is 95.9 Å². The third kappa shape index (κ3) is 4.61. The third-order valence-electron chi connectivity index (χ3n) is 6.18. The maximum absolute atomic E-state index is 13.0. The van der Waals surface area contributed by atoms with Crippen molar-refractivity contribution >= 4 is 18.0 Å². The highest BCUT2D eigenvalue weighted by atomic mass is 16.5. The number of carboxylic acids is 1. The fraction of sp³-hybridized carbons (Fsp3) is 0.400. The largest absolute Gasteiger partial charge is 0.481 e. The second kappa shape index (κ2) is 9.42. The molecule has 0 spiro atoms. The molecule has 2 amide bonds. The SMILES string of the molecule is CC[C@@H](NC(=O)OCC1c2ccccc2-c2ccccc21)C(=O)N(CCC(=O)O)C1CC1. The molecular weight excluding hydrogens is 408 g/mol. The van der Waals surface area contributed by atoms with Crippen LogP contribution in [0.2, 0.25) is 0 Å². The number of carbonyl (C=O) groups excluding carboxylic acids is 2. The molecule has 0 aliphatic heterocycles. The van der Waals surface area contributed by atoms with E-state index >= 15 is 0 Å². The molecule has 2 aliphatic carbocycles. The predicted molar refractivity (Wildman–Crippen MR) is 119 cm³/mol. The normalized spacial score (nSPS) is 15.4. The van der Waals surface area contributed by atoms with Crippen LogP contribution in [0, 0.1) is 0 Å². The molecule has 4 rings (SSSR count). The Morgan fingerprint density at radius 3 is 2.19 bits per heavy atom. The number of fused-ring (bicyclic) bond motifs is 3. The first-order valence-electron chi connectivity index (χ1n) is 11.1. The maximum Gasteiger partial charge on any atom is 0.407 e. The quantitative estimate of drug-likeness (QED) is 0.624. The Morgan fingerprint density at radius 1 is 1.06 bits per heavy atom. The molecule has 0 radical (unpaired) electrons. The number of carboxylic acid groups (broad SMARTS) is 1. The lowest BCUT2D eigenvalue weighted by atomic mass is 9.98. The van der Waals surface area contributed by atoms with Crippen LogP contribution in [-0.2, 0) is 14.3 Å². The Morgan fingerprint density at radius 2 is 1.66 bits per heavy atom. The monoisotopic (exact) mass is 436 g/mol. The van der Waals surface area contributed by atoms with E-state index in [4.69, 9.17) is 9.84 Å². The highest BCUT2D eigenvalue weighted by molar-refractivity contribution is 5.86. The van der Waals surface area contributed by atoms with Gasteiger partial charge in [0.15, 0.2) is 0 Å². The fourth-order valence-electron chi connectivity index (χ4n) is 4.40. The van der Waals surface area contributed by atoms with Gasteiger partial charge in [0.25, 0.3) is 0 Å². The average Bonchev–Trinajstić information content (AvgIpc) is 3.58. The van der Waals surface area contributed by atoms with Crippen molar-refractivity contribution in [1.29, 1.82) is 0 Å². The Kier molecular flexibility index (Phi) is 6.44. The van der Waals surface area contributed by atoms with E-state index in [0.717, 1.165) is 35.1 Å². The first-order valence-corrected chi connectivity index (χ1v) is 11.1. The molecule has 0 aromatic heterocycles. The number of ether oxygens (including phenoxy) is 1. The number of benzene rings is 2. The highest BCUT2D eigenvalue weighted by Crippen LogP contribution is 2.44. The van der Waals surface area contributed by atoms with E-state index in [1.165, 1.54) is 0 Å². The molecule has 0 heterocycles. The molecule has 2 aromatic carbocycles. The van der Waals surface area contributed by atoms with Crippen LogP contribution in [0.1, 0.15) is 49.7 Å². The standard InChI is InChI=1S/C25H28N2O5/c1-2-22(24(30)27(16-11-12-16)14-13-23(28)29)26-25(31)32-15-21-19-9-5-3-7-17(19)18-8-4-6-10-20(18)21/h3-10,16,21-22H,2,11-15H2,1H3,(H,26,31)(H,28,29)/t22-/m1/s1. The summed E-state index contributed by atoms with van der Waals surface area (Å²) in [5.74, 6) is -1.24. The molecule has 2 N–H and O–H groups in total. The Labute approximate surface area is 187 Å². The summed E-state index contributed by atoms with van der Waals surface area (Å²) < 4.78 is 5.56. The number of nitrogens with one attached hydrogen (secondary N) is 1. The number of nitrogens with zero attached hydrogens (tertiary/aromatic N) is 1. The molecule has 7 nitrogen and oxygen atoms in total. The molecule has 0 saturated heterocycles. The van der Waals surface area contributed by atoms with Crippen LogP contribution in [0.3, 0.4) is 0 Å². The summed E-state index contributed by atoms with van der Waals surface area (Å²) in [4.78, 5) is 38.1. The second-order valence-electron chi connectivity index (χ2n) is 8.34. The van der Waals surface area contributed by atoms with Crippen LogP contribution in [0.5, 0.6) is 0 Å². The van der Waals surface area contributed by atoms with Crippen LogP contribution in [0.4, 0.5) is 4.79 Å². The molecule has 1 saturated carbocycles. The number of hydrogen-bond donors (Lipinski definition) is 2. The summed E-state index contributed by atoms with van der Waals surface area (Å²) in [6.45, 7) is 2.14. The zero-order valence-corrected chi connectivity index (χ0v) is 18.1. The molecule has 32 heavy (non-hydrogen) atoms. The van der Waals surface area contributed by atoms with E-state index in [1.807, 2.05) is 31.2 Å². The van der Waals surface area contributed by atoms with Gasteiger partial charge in [-0.1, -0.05) is 55.5 Å². The van der Waals surface area contributed by atoms with E-state index in [0.29, 0.717) is 6.42 Å². The Hall–Kier alpha value is -3.35. The van der Waals surface area contributed by atoms with Gasteiger partial charge < -0.3 is 20.1 Å². The first-order chi connectivity index (χ1) is 15.5. The average molecular weight is 437 g/mol. The molecule has 2 aliphatic rings. The van der Waals surface area contributed by atoms with Gasteiger partial charge in [0.1, 0.15) is 12.6 Å². The van der Waals surface area contributed by atoms with Crippen molar-refractivity contribution in [3.63, 3.8) is 0 Å². The highest BCUT2D eigenvalue weighted by Gasteiger charge is 2.36. The van der Waals surface area contributed by atoms with Crippen LogP contribution >= 0.6 is 0 Å². The van der Waals surface area contributed by atoms with Gasteiger partial charge in [0.2, 0.25) is 5.91 Å². The van der Waals surface area contributed by atoms with Crippen molar-refractivity contribution in [3.05, 3.63) is 59.7 Å². The van der Waals surface area contributed by atoms with Crippen LogP contribution < -0.4 is 5.32 Å². The summed E-state index contributed by atoms with van der Waals surface area (Å²) in [5.41, 5.74) is 4.55. The van der Waals surface area contributed by atoms with Crippen molar-refractivity contribution < 1.29 is 24.2 Å². The van der Waals surface area contributed by atoms with Crippen LogP contribution in [0.25, 0.3) is 11.1 Å². The van der Waals surface area contributed by atoms with Gasteiger partial charge in [-0.05, 0) is 41.5 Å². The van der Waals surface area contributed by atoms with Crippen molar-refractivity contribution in [2.45, 2.75) is 50.6 Å². The number of rotatable bonds is 9. The number of aliphatic carboxylic acids is 1. The Balaban J connectivity index is 1.39. The summed E-state index contributed by atoms with van der Waals surface area (Å²) in [6, 6.07) is 15.5. The minimum atomic E-state index is -0.944. The van der Waals surface area contributed by atoms with Gasteiger partial charge >= 0.3 is 12.1 Å². The van der Waals surface area contributed by atoms with Crippen molar-refractivity contribution in [2.24, 2.45) is 0 Å². The van der Waals surface area contributed by atoms with Crippen molar-refractivity contribution in [1.82, 2.24) is 10.2 Å². The minimum Gasteiger partial charge on any atom is -0.481 e. The van der Waals surface area contributed by atoms with Gasteiger partial charge in [0.05, 0.1) is 6.42 Å². The van der Waals surface area contributed by atoms with E-state index < -0.39 is 18.1 Å². The van der Waals surface area contributed by atoms with Gasteiger partial charge in [-0.15, -0.1) is 0 Å². The third-order valence-corrected chi connectivity index (χ3v) is 6.18. The van der Waals surface area contributed by atoms with Gasteiger partial charge in [0, 0.05) is 18.5 Å². The minimum absolute atomic E-state index is 0.0533. The van der Waals surface area contributed by atoms with Gasteiger partial charge in [-0.3, -0.25) is 9.59 Å². The van der Waals surface area contributed by atoms with E-state index in [9.17, 15) is 14.4 Å². The lowest BCUT2D eigenvalue weighted by Gasteiger charge is -2.27. The molecular formula is C25H28N2O5. The zero-order chi connectivity index (χ0) is 22.7. The summed E-state index contributed by atoms with van der Waals surface area (Å²) in [5, 5.41) is 11.7. The second-order valence-corrected chi connectivity index (χ2v) is 8.34. The molecule has 1 fully saturated rings. The van der Waals surface area contributed by atoms with Crippen molar-refractivity contribution in [2.75, 3.05) is 13.2 Å². The molecule has 2 aromatic rings. The summed E-state index contributed by atoms with van der Waals surface area (Å²) in [6.07, 6.45) is 1.39. The van der Waals surface area contributed by atoms with Gasteiger partial charge in [-0.25, -0.2) is 4.79 Å². The summed E-state index contributed by atoms with van der Waals surface area (Å²) in [7, 11) is 0. The number of hydrogen-bond acceptors (Lipinski definition) is 4. The van der Waals surface area contributed by atoms with E-state index in [-0.39, 0.29) is 37.4 Å². The first kappa shape index (κ1) is 21.9. The van der Waals surface area contributed by atoms with Crippen LogP contribution in [-0.4, -0.2) is 53.2 Å². The number of carbonyl (C=O) groups is 3. The smallest absolute Gasteiger partial charge is 0.407 e. The lowest BCUT2D eigenvalue weighted by molar-refractivity contribution is -0.139.